The van der Waals surface area contributed by atoms with Crippen molar-refractivity contribution in [3.05, 3.63) is 29.8 Å². The third-order valence-electron chi connectivity index (χ3n) is 4.70. The van der Waals surface area contributed by atoms with E-state index >= 15 is 0 Å². The Hall–Kier alpha value is -1.06. The van der Waals surface area contributed by atoms with Crippen molar-refractivity contribution in [1.29, 1.82) is 0 Å². The van der Waals surface area contributed by atoms with Crippen molar-refractivity contribution in [2.75, 3.05) is 13.7 Å². The molecule has 0 bridgehead atoms. The Morgan fingerprint density at radius 1 is 1.29 bits per heavy atom. The molecule has 0 spiro atoms. The molecule has 2 rings (SSSR count). The van der Waals surface area contributed by atoms with E-state index in [0.717, 1.165) is 12.3 Å². The highest BCUT2D eigenvalue weighted by atomic mass is 16.5. The summed E-state index contributed by atoms with van der Waals surface area (Å²) in [7, 11) is 1.72. The van der Waals surface area contributed by atoms with Crippen molar-refractivity contribution in [3.8, 4) is 5.75 Å². The van der Waals surface area contributed by atoms with Crippen molar-refractivity contribution in [2.45, 2.75) is 64.1 Å². The molecule has 1 aromatic carbocycles. The second kappa shape index (κ2) is 7.81. The predicted molar refractivity (Wildman–Crippen MR) is 88.6 cm³/mol. The molecule has 118 valence electrons. The van der Waals surface area contributed by atoms with Gasteiger partial charge in [-0.05, 0) is 44.0 Å². The van der Waals surface area contributed by atoms with Gasteiger partial charge in [0.1, 0.15) is 5.75 Å². The lowest BCUT2D eigenvalue weighted by Gasteiger charge is -2.41. The number of rotatable bonds is 6. The quantitative estimate of drug-likeness (QED) is 0.867. The molecular weight excluding hydrogens is 260 g/mol. The lowest BCUT2D eigenvalue weighted by atomic mass is 9.90. The minimum atomic E-state index is 0.110. The third kappa shape index (κ3) is 3.98. The standard InChI is InChI=1S/C18H30N2O/c1-4-20(16-10-6-5-7-11-16)18(14(2)19)15-9-8-12-17(13-15)21-3/h8-9,12-14,16,18H,4-7,10-11,19H2,1-3H3. The van der Waals surface area contributed by atoms with Gasteiger partial charge < -0.3 is 10.5 Å². The van der Waals surface area contributed by atoms with Gasteiger partial charge in [-0.15, -0.1) is 0 Å². The number of nitrogens with zero attached hydrogens (tertiary/aromatic N) is 1. The van der Waals surface area contributed by atoms with Gasteiger partial charge >= 0.3 is 0 Å². The molecular formula is C18H30N2O. The van der Waals surface area contributed by atoms with Crippen LogP contribution in [-0.4, -0.2) is 30.6 Å². The smallest absolute Gasteiger partial charge is 0.119 e. The zero-order chi connectivity index (χ0) is 15.2. The topological polar surface area (TPSA) is 38.5 Å². The van der Waals surface area contributed by atoms with Gasteiger partial charge in [0.2, 0.25) is 0 Å². The molecule has 0 aromatic heterocycles. The molecule has 1 saturated carbocycles. The van der Waals surface area contributed by atoms with E-state index in [-0.39, 0.29) is 12.1 Å². The van der Waals surface area contributed by atoms with E-state index in [1.165, 1.54) is 37.7 Å². The Bertz CT molecular complexity index is 427. The average Bonchev–Trinajstić information content (AvgIpc) is 2.53. The number of ether oxygens (including phenoxy) is 1. The maximum absolute atomic E-state index is 6.36. The SMILES string of the molecule is CCN(C1CCCCC1)C(c1cccc(OC)c1)C(C)N. The van der Waals surface area contributed by atoms with Crippen LogP contribution in [-0.2, 0) is 0 Å². The van der Waals surface area contributed by atoms with Gasteiger partial charge in [-0.25, -0.2) is 0 Å². The molecule has 3 nitrogen and oxygen atoms in total. The van der Waals surface area contributed by atoms with Crippen LogP contribution in [0.3, 0.4) is 0 Å². The lowest BCUT2D eigenvalue weighted by Crippen LogP contribution is -2.45. The first kappa shape index (κ1) is 16.3. The molecule has 1 fully saturated rings. The van der Waals surface area contributed by atoms with E-state index < -0.39 is 0 Å². The zero-order valence-electron chi connectivity index (χ0n) is 13.7. The summed E-state index contributed by atoms with van der Waals surface area (Å²) in [6.07, 6.45) is 6.70. The number of likely N-dealkylation sites (N-methyl/N-ethyl adjacent to an activating group) is 1. The van der Waals surface area contributed by atoms with E-state index in [9.17, 15) is 0 Å². The van der Waals surface area contributed by atoms with Crippen LogP contribution in [0.5, 0.6) is 5.75 Å². The van der Waals surface area contributed by atoms with Crippen LogP contribution in [0.2, 0.25) is 0 Å². The summed E-state index contributed by atoms with van der Waals surface area (Å²) >= 11 is 0. The molecule has 0 heterocycles. The molecule has 0 radical (unpaired) electrons. The monoisotopic (exact) mass is 290 g/mol. The van der Waals surface area contributed by atoms with E-state index in [2.05, 4.69) is 36.9 Å². The van der Waals surface area contributed by atoms with E-state index in [1.54, 1.807) is 7.11 Å². The van der Waals surface area contributed by atoms with Crippen LogP contribution in [0.15, 0.2) is 24.3 Å². The third-order valence-corrected chi connectivity index (χ3v) is 4.70. The molecule has 1 aliphatic rings. The Balaban J connectivity index is 2.26. The fraction of sp³-hybridized carbons (Fsp3) is 0.667. The van der Waals surface area contributed by atoms with Crippen molar-refractivity contribution in [2.24, 2.45) is 5.73 Å². The van der Waals surface area contributed by atoms with E-state index in [0.29, 0.717) is 6.04 Å². The van der Waals surface area contributed by atoms with Gasteiger partial charge in [0.15, 0.2) is 0 Å². The maximum atomic E-state index is 6.36. The van der Waals surface area contributed by atoms with Gasteiger partial charge in [-0.3, -0.25) is 4.90 Å². The van der Waals surface area contributed by atoms with Crippen molar-refractivity contribution >= 4 is 0 Å². The number of benzene rings is 1. The molecule has 1 aromatic rings. The highest BCUT2D eigenvalue weighted by Gasteiger charge is 2.30. The van der Waals surface area contributed by atoms with E-state index in [4.69, 9.17) is 10.5 Å². The van der Waals surface area contributed by atoms with Crippen molar-refractivity contribution < 1.29 is 4.74 Å². The number of methoxy groups -OCH3 is 1. The molecule has 0 aliphatic heterocycles. The minimum Gasteiger partial charge on any atom is -0.497 e. The fourth-order valence-corrected chi connectivity index (χ4v) is 3.72. The van der Waals surface area contributed by atoms with Crippen LogP contribution in [0, 0.1) is 0 Å². The van der Waals surface area contributed by atoms with Gasteiger partial charge in [-0.2, -0.15) is 0 Å². The average molecular weight is 290 g/mol. The first-order valence-corrected chi connectivity index (χ1v) is 8.32. The largest absolute Gasteiger partial charge is 0.497 e. The highest BCUT2D eigenvalue weighted by molar-refractivity contribution is 5.31. The van der Waals surface area contributed by atoms with Crippen LogP contribution in [0.25, 0.3) is 0 Å². The minimum absolute atomic E-state index is 0.110. The second-order valence-corrected chi connectivity index (χ2v) is 6.20. The Morgan fingerprint density at radius 3 is 2.57 bits per heavy atom. The molecule has 2 unspecified atom stereocenters. The molecule has 0 saturated heterocycles. The van der Waals surface area contributed by atoms with Gasteiger partial charge in [-0.1, -0.05) is 38.3 Å². The summed E-state index contributed by atoms with van der Waals surface area (Å²) < 4.78 is 5.38. The van der Waals surface area contributed by atoms with Crippen molar-refractivity contribution in [3.63, 3.8) is 0 Å². The van der Waals surface area contributed by atoms with Crippen LogP contribution in [0.4, 0.5) is 0 Å². The summed E-state index contributed by atoms with van der Waals surface area (Å²) in [5.74, 6) is 0.915. The van der Waals surface area contributed by atoms with Crippen LogP contribution >= 0.6 is 0 Å². The number of hydrogen-bond donors (Lipinski definition) is 1. The second-order valence-electron chi connectivity index (χ2n) is 6.20. The molecule has 2 N–H and O–H groups in total. The summed E-state index contributed by atoms with van der Waals surface area (Å²) in [6.45, 7) is 5.42. The van der Waals surface area contributed by atoms with Gasteiger partial charge in [0, 0.05) is 12.1 Å². The molecule has 3 heteroatoms. The molecule has 2 atom stereocenters. The fourth-order valence-electron chi connectivity index (χ4n) is 3.72. The van der Waals surface area contributed by atoms with Gasteiger partial charge in [0.25, 0.3) is 0 Å². The predicted octanol–water partition coefficient (Wildman–Crippen LogP) is 3.74. The summed E-state index contributed by atoms with van der Waals surface area (Å²) in [5.41, 5.74) is 7.64. The van der Waals surface area contributed by atoms with Gasteiger partial charge in [0.05, 0.1) is 13.2 Å². The Kier molecular flexibility index (Phi) is 6.07. The lowest BCUT2D eigenvalue weighted by molar-refractivity contribution is 0.0973. The normalized spacial score (nSPS) is 19.5. The molecule has 1 aliphatic carbocycles. The van der Waals surface area contributed by atoms with Crippen LogP contribution in [0.1, 0.15) is 57.6 Å². The number of nitrogens with two attached hydrogens (primary N) is 1. The molecule has 21 heavy (non-hydrogen) atoms. The number of hydrogen-bond acceptors (Lipinski definition) is 3. The Morgan fingerprint density at radius 2 is 2.00 bits per heavy atom. The van der Waals surface area contributed by atoms with Crippen molar-refractivity contribution in [1.82, 2.24) is 4.90 Å². The first-order valence-electron chi connectivity index (χ1n) is 8.32. The Labute approximate surface area is 129 Å². The highest BCUT2D eigenvalue weighted by Crippen LogP contribution is 2.32. The first-order chi connectivity index (χ1) is 10.2. The van der Waals surface area contributed by atoms with Crippen LogP contribution < -0.4 is 10.5 Å². The summed E-state index contributed by atoms with van der Waals surface area (Å²) in [4.78, 5) is 2.61. The van der Waals surface area contributed by atoms with E-state index in [1.807, 2.05) is 6.07 Å². The molecule has 0 amide bonds. The maximum Gasteiger partial charge on any atom is 0.119 e. The summed E-state index contributed by atoms with van der Waals surface area (Å²) in [6, 6.07) is 9.44. The zero-order valence-corrected chi connectivity index (χ0v) is 13.7. The summed E-state index contributed by atoms with van der Waals surface area (Å²) in [5, 5.41) is 0.